The van der Waals surface area contributed by atoms with Crippen molar-refractivity contribution in [2.45, 2.75) is 26.1 Å². The van der Waals surface area contributed by atoms with Gasteiger partial charge in [0, 0.05) is 17.3 Å². The molecule has 1 heterocycles. The molecule has 0 atom stereocenters. The van der Waals surface area contributed by atoms with E-state index >= 15 is 0 Å². The zero-order valence-corrected chi connectivity index (χ0v) is 11.5. The Hall–Kier alpha value is -2.31. The van der Waals surface area contributed by atoms with Crippen LogP contribution in [0.2, 0.25) is 0 Å². The van der Waals surface area contributed by atoms with Crippen molar-refractivity contribution in [3.05, 3.63) is 42.3 Å². The molecule has 2 aromatic rings. The lowest BCUT2D eigenvalue weighted by molar-refractivity contribution is -0.159. The quantitative estimate of drug-likeness (QED) is 0.934. The van der Waals surface area contributed by atoms with Crippen LogP contribution in [0.4, 0.5) is 13.2 Å². The van der Waals surface area contributed by atoms with Crippen LogP contribution in [0, 0.1) is 0 Å². The molecule has 0 saturated carbocycles. The Morgan fingerprint density at radius 1 is 1.24 bits per heavy atom. The van der Waals surface area contributed by atoms with Crippen molar-refractivity contribution < 1.29 is 17.7 Å². The summed E-state index contributed by atoms with van der Waals surface area (Å²) in [6, 6.07) is 6.94. The number of rotatable bonds is 4. The van der Waals surface area contributed by atoms with Gasteiger partial charge < -0.3 is 9.84 Å². The molecule has 2 rings (SSSR count). The van der Waals surface area contributed by atoms with E-state index in [1.54, 1.807) is 24.3 Å². The van der Waals surface area contributed by atoms with E-state index in [0.29, 0.717) is 5.56 Å². The maximum absolute atomic E-state index is 12.4. The highest BCUT2D eigenvalue weighted by Crippen LogP contribution is 2.29. The second-order valence-corrected chi connectivity index (χ2v) is 4.78. The van der Waals surface area contributed by atoms with Crippen molar-refractivity contribution in [1.29, 1.82) is 0 Å². The summed E-state index contributed by atoms with van der Waals surface area (Å²) in [6.45, 7) is 7.86. The molecule has 0 bridgehead atoms. The number of nitrogens with one attached hydrogen (secondary N) is 1. The lowest BCUT2D eigenvalue weighted by Crippen LogP contribution is -2.20. The fraction of sp³-hybridized carbons (Fsp3) is 0.286. The number of nitrogens with zero attached hydrogens (tertiary/aromatic N) is 2. The molecule has 1 aromatic carbocycles. The summed E-state index contributed by atoms with van der Waals surface area (Å²) in [5.41, 5.74) is 2.02. The first-order valence-corrected chi connectivity index (χ1v) is 6.24. The second kappa shape index (κ2) is 5.59. The van der Waals surface area contributed by atoms with Crippen molar-refractivity contribution in [3.63, 3.8) is 0 Å². The SMILES string of the molecule is C=C(NC(C)C)c1ccc(-c2noc(C(F)(F)F)n2)cc1. The first-order valence-electron chi connectivity index (χ1n) is 6.24. The minimum atomic E-state index is -4.64. The summed E-state index contributed by atoms with van der Waals surface area (Å²) >= 11 is 0. The number of hydrogen-bond acceptors (Lipinski definition) is 4. The van der Waals surface area contributed by atoms with Gasteiger partial charge in [-0.2, -0.15) is 18.2 Å². The van der Waals surface area contributed by atoms with Gasteiger partial charge in [-0.3, -0.25) is 0 Å². The first kappa shape index (κ1) is 15.1. The van der Waals surface area contributed by atoms with Crippen LogP contribution in [-0.4, -0.2) is 16.2 Å². The maximum atomic E-state index is 12.4. The lowest BCUT2D eigenvalue weighted by Gasteiger charge is -2.12. The van der Waals surface area contributed by atoms with Crippen LogP contribution in [0.3, 0.4) is 0 Å². The third kappa shape index (κ3) is 3.62. The van der Waals surface area contributed by atoms with Crippen molar-refractivity contribution in [2.75, 3.05) is 0 Å². The molecule has 0 amide bonds. The van der Waals surface area contributed by atoms with E-state index in [1.807, 2.05) is 13.8 Å². The van der Waals surface area contributed by atoms with Gasteiger partial charge in [0.2, 0.25) is 5.82 Å². The summed E-state index contributed by atoms with van der Waals surface area (Å²) in [6.07, 6.45) is -4.64. The smallest absolute Gasteiger partial charge is 0.383 e. The van der Waals surface area contributed by atoms with Crippen molar-refractivity contribution >= 4 is 5.70 Å². The van der Waals surface area contributed by atoms with Gasteiger partial charge in [-0.15, -0.1) is 0 Å². The summed E-state index contributed by atoms with van der Waals surface area (Å²) in [5.74, 6) is -1.45. The summed E-state index contributed by atoms with van der Waals surface area (Å²) in [7, 11) is 0. The van der Waals surface area contributed by atoms with Gasteiger partial charge >= 0.3 is 12.1 Å². The molecule has 0 spiro atoms. The van der Waals surface area contributed by atoms with Gasteiger partial charge in [0.15, 0.2) is 0 Å². The Morgan fingerprint density at radius 2 is 1.86 bits per heavy atom. The highest BCUT2D eigenvalue weighted by molar-refractivity contribution is 5.65. The van der Waals surface area contributed by atoms with Crippen LogP contribution in [0.1, 0.15) is 25.3 Å². The average Bonchev–Trinajstić information content (AvgIpc) is 2.87. The van der Waals surface area contributed by atoms with E-state index in [2.05, 4.69) is 26.6 Å². The number of benzene rings is 1. The van der Waals surface area contributed by atoms with Crippen LogP contribution in [0.5, 0.6) is 0 Å². The minimum Gasteiger partial charge on any atom is -0.383 e. The van der Waals surface area contributed by atoms with Crippen LogP contribution >= 0.6 is 0 Å². The molecule has 1 N–H and O–H groups in total. The predicted molar refractivity (Wildman–Crippen MR) is 72.0 cm³/mol. The van der Waals surface area contributed by atoms with Crippen molar-refractivity contribution in [3.8, 4) is 11.4 Å². The fourth-order valence-corrected chi connectivity index (χ4v) is 1.71. The monoisotopic (exact) mass is 297 g/mol. The molecule has 1 aromatic heterocycles. The molecular weight excluding hydrogens is 283 g/mol. The van der Waals surface area contributed by atoms with E-state index < -0.39 is 12.1 Å². The Morgan fingerprint density at radius 3 is 2.33 bits per heavy atom. The molecule has 0 unspecified atom stereocenters. The topological polar surface area (TPSA) is 51.0 Å². The number of halogens is 3. The third-order valence-electron chi connectivity index (χ3n) is 2.62. The average molecular weight is 297 g/mol. The molecule has 0 fully saturated rings. The largest absolute Gasteiger partial charge is 0.471 e. The Labute approximate surface area is 119 Å². The van der Waals surface area contributed by atoms with Gasteiger partial charge in [0.1, 0.15) is 0 Å². The zero-order valence-electron chi connectivity index (χ0n) is 11.5. The molecule has 0 aliphatic rings. The van der Waals surface area contributed by atoms with Gasteiger partial charge in [-0.05, 0) is 19.4 Å². The number of aromatic nitrogens is 2. The molecule has 0 saturated heterocycles. The molecule has 112 valence electrons. The maximum Gasteiger partial charge on any atom is 0.471 e. The van der Waals surface area contributed by atoms with E-state index in [1.165, 1.54) is 0 Å². The predicted octanol–water partition coefficient (Wildman–Crippen LogP) is 3.72. The third-order valence-corrected chi connectivity index (χ3v) is 2.62. The molecule has 0 aliphatic carbocycles. The summed E-state index contributed by atoms with van der Waals surface area (Å²) < 4.78 is 41.4. The van der Waals surface area contributed by atoms with Gasteiger partial charge in [-0.25, -0.2) is 0 Å². The standard InChI is InChI=1S/C14H14F3N3O/c1-8(2)18-9(3)10-4-6-11(7-5-10)12-19-13(21-20-12)14(15,16)17/h4-8,18H,3H2,1-2H3. The Kier molecular flexibility index (Phi) is 4.02. The van der Waals surface area contributed by atoms with Gasteiger partial charge in [-0.1, -0.05) is 36.0 Å². The van der Waals surface area contributed by atoms with Gasteiger partial charge in [0.25, 0.3) is 0 Å². The van der Waals surface area contributed by atoms with Crippen LogP contribution < -0.4 is 5.32 Å². The molecule has 21 heavy (non-hydrogen) atoms. The van der Waals surface area contributed by atoms with E-state index in [0.717, 1.165) is 11.3 Å². The molecule has 4 nitrogen and oxygen atoms in total. The number of alkyl halides is 3. The highest BCUT2D eigenvalue weighted by Gasteiger charge is 2.38. The number of hydrogen-bond donors (Lipinski definition) is 1. The van der Waals surface area contributed by atoms with E-state index in [4.69, 9.17) is 0 Å². The summed E-state index contributed by atoms with van der Waals surface area (Å²) in [4.78, 5) is 3.33. The fourth-order valence-electron chi connectivity index (χ4n) is 1.71. The minimum absolute atomic E-state index is 0.101. The van der Waals surface area contributed by atoms with Crippen molar-refractivity contribution in [1.82, 2.24) is 15.5 Å². The molecule has 0 aliphatic heterocycles. The van der Waals surface area contributed by atoms with Crippen LogP contribution in [0.25, 0.3) is 17.1 Å². The van der Waals surface area contributed by atoms with E-state index in [9.17, 15) is 13.2 Å². The van der Waals surface area contributed by atoms with Crippen molar-refractivity contribution in [2.24, 2.45) is 0 Å². The molecule has 0 radical (unpaired) electrons. The second-order valence-electron chi connectivity index (χ2n) is 4.78. The first-order chi connectivity index (χ1) is 9.77. The highest BCUT2D eigenvalue weighted by atomic mass is 19.4. The molecular formula is C14H14F3N3O. The Balaban J connectivity index is 2.19. The Bertz CT molecular complexity index is 630. The lowest BCUT2D eigenvalue weighted by atomic mass is 10.1. The van der Waals surface area contributed by atoms with E-state index in [-0.39, 0.29) is 11.9 Å². The normalized spacial score (nSPS) is 11.7. The van der Waals surface area contributed by atoms with Crippen LogP contribution in [0.15, 0.2) is 35.4 Å². The van der Waals surface area contributed by atoms with Gasteiger partial charge in [0.05, 0.1) is 0 Å². The molecule has 7 heteroatoms. The summed E-state index contributed by atoms with van der Waals surface area (Å²) in [5, 5.41) is 6.48. The van der Waals surface area contributed by atoms with Crippen LogP contribution in [-0.2, 0) is 6.18 Å². The zero-order chi connectivity index (χ0) is 15.6.